The van der Waals surface area contributed by atoms with E-state index in [0.29, 0.717) is 30.1 Å². The van der Waals surface area contributed by atoms with Crippen LogP contribution in [0.1, 0.15) is 36.0 Å². The largest absolute Gasteiger partial charge is 0.322 e. The van der Waals surface area contributed by atoms with Crippen molar-refractivity contribution in [2.45, 2.75) is 30.6 Å². The number of carbonyl (C=O) groups excluding carboxylic acids is 1. The number of hydrogen-bond acceptors (Lipinski definition) is 6. The van der Waals surface area contributed by atoms with E-state index in [0.717, 1.165) is 40.7 Å². The van der Waals surface area contributed by atoms with Gasteiger partial charge in [0.05, 0.1) is 26.5 Å². The van der Waals surface area contributed by atoms with Crippen LogP contribution in [0.3, 0.4) is 0 Å². The minimum absolute atomic E-state index is 0.122. The molecule has 3 heterocycles. The normalized spacial score (nSPS) is 14.2. The van der Waals surface area contributed by atoms with Crippen LogP contribution in [0.5, 0.6) is 0 Å². The summed E-state index contributed by atoms with van der Waals surface area (Å²) >= 11 is 1.56. The van der Waals surface area contributed by atoms with Crippen molar-refractivity contribution in [1.29, 1.82) is 0 Å². The average Bonchev–Trinajstić information content (AvgIpc) is 3.29. The molecular formula is C26H24N4O3S2. The molecule has 0 unspecified atom stereocenters. The molecule has 7 nitrogen and oxygen atoms in total. The number of carbonyl (C=O) groups is 1. The van der Waals surface area contributed by atoms with Gasteiger partial charge in [0.15, 0.2) is 0 Å². The molecule has 0 aliphatic carbocycles. The third-order valence-corrected chi connectivity index (χ3v) is 8.07. The van der Waals surface area contributed by atoms with E-state index in [2.05, 4.69) is 15.0 Å². The number of pyridine rings is 1. The van der Waals surface area contributed by atoms with Gasteiger partial charge >= 0.3 is 0 Å². The van der Waals surface area contributed by atoms with Crippen LogP contribution < -0.4 is 10.0 Å². The Kier molecular flexibility index (Phi) is 6.61. The number of amides is 1. The van der Waals surface area contributed by atoms with Gasteiger partial charge in [-0.15, -0.1) is 11.3 Å². The molecule has 0 saturated carbocycles. The smallest absolute Gasteiger partial charge is 0.262 e. The van der Waals surface area contributed by atoms with Gasteiger partial charge in [0.1, 0.15) is 5.84 Å². The molecule has 1 aliphatic heterocycles. The zero-order chi connectivity index (χ0) is 24.3. The summed E-state index contributed by atoms with van der Waals surface area (Å²) in [7, 11) is -3.73. The van der Waals surface area contributed by atoms with Crippen LogP contribution in [0.15, 0.2) is 82.0 Å². The lowest BCUT2D eigenvalue weighted by Crippen LogP contribution is -2.30. The van der Waals surface area contributed by atoms with Gasteiger partial charge in [0.25, 0.3) is 15.9 Å². The van der Waals surface area contributed by atoms with Crippen LogP contribution in [0.25, 0.3) is 21.5 Å². The highest BCUT2D eigenvalue weighted by Crippen LogP contribution is 2.28. The van der Waals surface area contributed by atoms with E-state index in [-0.39, 0.29) is 10.8 Å². The highest BCUT2D eigenvalue weighted by Gasteiger charge is 2.18. The van der Waals surface area contributed by atoms with Gasteiger partial charge in [-0.1, -0.05) is 30.7 Å². The third kappa shape index (κ3) is 5.26. The molecule has 1 aliphatic rings. The summed E-state index contributed by atoms with van der Waals surface area (Å²) in [4.78, 5) is 23.4. The second-order valence-corrected chi connectivity index (χ2v) is 10.9. The summed E-state index contributed by atoms with van der Waals surface area (Å²) < 4.78 is 28.2. The summed E-state index contributed by atoms with van der Waals surface area (Å²) in [6.07, 6.45) is 3.57. The molecule has 9 heteroatoms. The third-order valence-electron chi connectivity index (χ3n) is 5.78. The molecule has 2 N–H and O–H groups in total. The van der Waals surface area contributed by atoms with E-state index in [1.807, 2.05) is 41.8 Å². The second-order valence-electron chi connectivity index (χ2n) is 8.27. The number of hydrogen-bond donors (Lipinski definition) is 2. The number of fused-ring (bicyclic) bond motifs is 1. The van der Waals surface area contributed by atoms with Crippen LogP contribution in [0, 0.1) is 0 Å². The summed E-state index contributed by atoms with van der Waals surface area (Å²) in [5.41, 5.74) is 2.47. The Hall–Kier alpha value is -3.56. The molecule has 0 spiro atoms. The fourth-order valence-corrected chi connectivity index (χ4v) is 5.78. The molecule has 4 aromatic rings. The van der Waals surface area contributed by atoms with E-state index < -0.39 is 10.0 Å². The molecule has 0 fully saturated rings. The van der Waals surface area contributed by atoms with Gasteiger partial charge in [-0.3, -0.25) is 14.5 Å². The molecular weight excluding hydrogens is 480 g/mol. The molecule has 2 aromatic carbocycles. The molecule has 0 radical (unpaired) electrons. The van der Waals surface area contributed by atoms with Crippen molar-refractivity contribution in [2.24, 2.45) is 4.99 Å². The maximum Gasteiger partial charge on any atom is 0.262 e. The number of nitrogens with one attached hydrogen (secondary N) is 2. The van der Waals surface area contributed by atoms with Crippen molar-refractivity contribution in [2.75, 3.05) is 11.9 Å². The van der Waals surface area contributed by atoms with Gasteiger partial charge in [-0.25, -0.2) is 13.4 Å². The van der Waals surface area contributed by atoms with Gasteiger partial charge in [0.2, 0.25) is 0 Å². The van der Waals surface area contributed by atoms with E-state index in [1.54, 1.807) is 29.5 Å². The summed E-state index contributed by atoms with van der Waals surface area (Å²) in [6, 6.07) is 19.4. The van der Waals surface area contributed by atoms with Crippen LogP contribution in [0.2, 0.25) is 0 Å². The Morgan fingerprint density at radius 3 is 2.57 bits per heavy atom. The van der Waals surface area contributed by atoms with Crippen molar-refractivity contribution in [3.05, 3.63) is 77.7 Å². The van der Waals surface area contributed by atoms with Crippen molar-refractivity contribution in [1.82, 2.24) is 9.71 Å². The van der Waals surface area contributed by atoms with Gasteiger partial charge in [-0.05, 0) is 60.7 Å². The molecule has 2 aromatic heterocycles. The first kappa shape index (κ1) is 23.2. The predicted octanol–water partition coefficient (Wildman–Crippen LogP) is 5.47. The first-order valence-corrected chi connectivity index (χ1v) is 13.8. The number of rotatable bonds is 5. The Bertz CT molecular complexity index is 1500. The lowest BCUT2D eigenvalue weighted by atomic mass is 10.1. The monoisotopic (exact) mass is 504 g/mol. The average molecular weight is 505 g/mol. The van der Waals surface area contributed by atoms with Crippen molar-refractivity contribution in [3.8, 4) is 10.6 Å². The van der Waals surface area contributed by atoms with Crippen molar-refractivity contribution >= 4 is 49.7 Å². The number of nitrogens with zero attached hydrogens (tertiary/aromatic N) is 2. The maximum absolute atomic E-state index is 13.2. The lowest BCUT2D eigenvalue weighted by molar-refractivity contribution is 0.102. The zero-order valence-corrected chi connectivity index (χ0v) is 20.5. The minimum Gasteiger partial charge on any atom is -0.322 e. The summed E-state index contributed by atoms with van der Waals surface area (Å²) in [5, 5.41) is 5.61. The number of thiophene rings is 1. The second kappa shape index (κ2) is 9.97. The number of benzene rings is 2. The van der Waals surface area contributed by atoms with Crippen LogP contribution in [0.4, 0.5) is 5.69 Å². The van der Waals surface area contributed by atoms with E-state index in [1.165, 1.54) is 12.1 Å². The lowest BCUT2D eigenvalue weighted by Gasteiger charge is -2.12. The quantitative estimate of drug-likeness (QED) is 0.377. The number of anilines is 1. The Morgan fingerprint density at radius 1 is 0.943 bits per heavy atom. The van der Waals surface area contributed by atoms with Gasteiger partial charge in [0, 0.05) is 24.0 Å². The van der Waals surface area contributed by atoms with Crippen molar-refractivity contribution in [3.63, 3.8) is 0 Å². The number of aliphatic imine (C=N–C) groups is 1. The Labute approximate surface area is 208 Å². The van der Waals surface area contributed by atoms with Crippen molar-refractivity contribution < 1.29 is 13.2 Å². The SMILES string of the molecule is O=C(Nc1ccc(S(=O)(=O)NC2=NCCCCC2)cc1)c1cc(-c2cccs2)nc2ccccc12. The van der Waals surface area contributed by atoms with Crippen LogP contribution in [-0.2, 0) is 10.0 Å². The molecule has 178 valence electrons. The predicted molar refractivity (Wildman–Crippen MR) is 141 cm³/mol. The van der Waals surface area contributed by atoms with Gasteiger partial charge < -0.3 is 5.32 Å². The van der Waals surface area contributed by atoms with E-state index in [4.69, 9.17) is 4.98 Å². The fraction of sp³-hybridized carbons (Fsp3) is 0.192. The highest BCUT2D eigenvalue weighted by molar-refractivity contribution is 7.90. The van der Waals surface area contributed by atoms with Crippen LogP contribution in [-0.4, -0.2) is 31.7 Å². The Balaban J connectivity index is 1.37. The first-order chi connectivity index (χ1) is 17.0. The Morgan fingerprint density at radius 2 is 1.77 bits per heavy atom. The summed E-state index contributed by atoms with van der Waals surface area (Å²) in [6.45, 7) is 0.640. The standard InChI is InChI=1S/C26H24N4O3S2/c31-26(21-17-23(24-9-6-16-34-24)29-22-8-4-3-7-20(21)22)28-18-11-13-19(14-12-18)35(32,33)30-25-10-2-1-5-15-27-25/h3-4,6-9,11-14,16-17H,1-2,5,10,15H2,(H,27,30)(H,28,31). The number of aromatic nitrogens is 1. The van der Waals surface area contributed by atoms with E-state index >= 15 is 0 Å². The van der Waals surface area contributed by atoms with Gasteiger partial charge in [-0.2, -0.15) is 0 Å². The molecule has 0 bridgehead atoms. The first-order valence-electron chi connectivity index (χ1n) is 11.4. The maximum atomic E-state index is 13.2. The molecule has 0 saturated heterocycles. The number of sulfonamides is 1. The minimum atomic E-state index is -3.73. The number of para-hydroxylation sites is 1. The molecule has 5 rings (SSSR count). The zero-order valence-electron chi connectivity index (χ0n) is 18.9. The molecule has 0 atom stereocenters. The molecule has 1 amide bonds. The highest BCUT2D eigenvalue weighted by atomic mass is 32.2. The van der Waals surface area contributed by atoms with E-state index in [9.17, 15) is 13.2 Å². The number of amidine groups is 1. The summed E-state index contributed by atoms with van der Waals surface area (Å²) in [5.74, 6) is 0.217. The topological polar surface area (TPSA) is 101 Å². The fourth-order valence-electron chi connectivity index (χ4n) is 4.00. The van der Waals surface area contributed by atoms with Crippen LogP contribution >= 0.6 is 11.3 Å². The molecule has 35 heavy (non-hydrogen) atoms.